The second-order valence-electron chi connectivity index (χ2n) is 7.47. The molecule has 2 aliphatic heterocycles. The highest BCUT2D eigenvalue weighted by atomic mass is 32.2. The van der Waals surface area contributed by atoms with Crippen molar-refractivity contribution in [2.75, 3.05) is 23.0 Å². The molecule has 0 spiro atoms. The molecule has 10 heteroatoms. The minimum Gasteiger partial charge on any atom is -0.310 e. The number of nitrogens with zero attached hydrogens (tertiary/aromatic N) is 5. The van der Waals surface area contributed by atoms with E-state index in [1.807, 2.05) is 24.3 Å². The molecule has 3 aromatic rings. The lowest BCUT2D eigenvalue weighted by atomic mass is 10.2. The molecule has 150 valence electrons. The third kappa shape index (κ3) is 3.03. The number of carbonyl (C=O) groups excluding carboxylic acids is 1. The first-order valence-electron chi connectivity index (χ1n) is 9.45. The summed E-state index contributed by atoms with van der Waals surface area (Å²) in [6, 6.07) is 7.45. The number of para-hydroxylation sites is 1. The van der Waals surface area contributed by atoms with Crippen LogP contribution in [0.4, 0.5) is 5.69 Å². The van der Waals surface area contributed by atoms with Crippen molar-refractivity contribution in [1.29, 1.82) is 0 Å². The van der Waals surface area contributed by atoms with Crippen LogP contribution in [0.15, 0.2) is 41.5 Å². The van der Waals surface area contributed by atoms with Crippen LogP contribution in [0.3, 0.4) is 0 Å². The molecular formula is C19H19N5O4S. The number of hydrogen-bond donors (Lipinski definition) is 0. The van der Waals surface area contributed by atoms with Gasteiger partial charge >= 0.3 is 5.69 Å². The fraction of sp³-hybridized carbons (Fsp3) is 0.368. The van der Waals surface area contributed by atoms with Gasteiger partial charge in [0.05, 0.1) is 35.5 Å². The van der Waals surface area contributed by atoms with Crippen LogP contribution in [0, 0.1) is 0 Å². The smallest absolute Gasteiger partial charge is 0.310 e. The molecular weight excluding hydrogens is 394 g/mol. The standard InChI is InChI=1S/C19H19N5O4S/c25-18(22-7-5-13-3-1-2-4-15(13)22)11-23-16-10-21-24(17(16)9-20-19(23)26)14-6-8-29(27,28)12-14/h1-4,9-10,14H,5-8,11-12H2/t14-/m0/s1. The molecule has 0 aliphatic carbocycles. The van der Waals surface area contributed by atoms with Gasteiger partial charge in [-0.1, -0.05) is 18.2 Å². The van der Waals surface area contributed by atoms with Crippen molar-refractivity contribution in [1.82, 2.24) is 19.3 Å². The fourth-order valence-corrected chi connectivity index (χ4v) is 5.91. The van der Waals surface area contributed by atoms with Gasteiger partial charge in [0, 0.05) is 12.2 Å². The number of anilines is 1. The molecule has 1 amide bonds. The normalized spacial score (nSPS) is 20.3. The number of rotatable bonds is 3. The Kier molecular flexibility index (Phi) is 4.05. The summed E-state index contributed by atoms with van der Waals surface area (Å²) in [5.41, 5.74) is 2.49. The van der Waals surface area contributed by atoms with E-state index in [1.54, 1.807) is 9.58 Å². The van der Waals surface area contributed by atoms with Gasteiger partial charge in [-0.15, -0.1) is 0 Å². The molecule has 1 aromatic carbocycles. The van der Waals surface area contributed by atoms with Crippen molar-refractivity contribution in [3.05, 3.63) is 52.7 Å². The van der Waals surface area contributed by atoms with E-state index in [9.17, 15) is 18.0 Å². The summed E-state index contributed by atoms with van der Waals surface area (Å²) in [7, 11) is -3.08. The van der Waals surface area contributed by atoms with Gasteiger partial charge in [-0.25, -0.2) is 13.2 Å². The first-order valence-corrected chi connectivity index (χ1v) is 11.3. The van der Waals surface area contributed by atoms with Crippen molar-refractivity contribution in [2.45, 2.75) is 25.4 Å². The zero-order valence-corrected chi connectivity index (χ0v) is 16.4. The summed E-state index contributed by atoms with van der Waals surface area (Å²) in [6.07, 6.45) is 4.17. The predicted molar refractivity (Wildman–Crippen MR) is 107 cm³/mol. The third-order valence-corrected chi connectivity index (χ3v) is 7.42. The molecule has 0 N–H and O–H groups in total. The van der Waals surface area contributed by atoms with Crippen molar-refractivity contribution in [3.63, 3.8) is 0 Å². The van der Waals surface area contributed by atoms with Crippen LogP contribution in [0.5, 0.6) is 0 Å². The number of carbonyl (C=O) groups is 1. The van der Waals surface area contributed by atoms with Crippen LogP contribution in [0.25, 0.3) is 11.0 Å². The Bertz CT molecular complexity index is 1290. The average Bonchev–Trinajstić information content (AvgIpc) is 3.39. The predicted octanol–water partition coefficient (Wildman–Crippen LogP) is 0.542. The van der Waals surface area contributed by atoms with Crippen LogP contribution >= 0.6 is 0 Å². The minimum atomic E-state index is -3.08. The Morgan fingerprint density at radius 2 is 2.00 bits per heavy atom. The molecule has 0 bridgehead atoms. The van der Waals surface area contributed by atoms with Gasteiger partial charge in [-0.2, -0.15) is 10.1 Å². The SMILES string of the molecule is O=C(Cn1c(=O)ncc2c1cnn2[C@H]1CCS(=O)(=O)C1)N1CCc2ccccc21. The molecule has 5 rings (SSSR count). The van der Waals surface area contributed by atoms with E-state index in [0.29, 0.717) is 24.0 Å². The van der Waals surface area contributed by atoms with Gasteiger partial charge in [-0.3, -0.25) is 14.0 Å². The molecule has 1 fully saturated rings. The Morgan fingerprint density at radius 3 is 2.79 bits per heavy atom. The number of amides is 1. The van der Waals surface area contributed by atoms with E-state index in [2.05, 4.69) is 10.1 Å². The van der Waals surface area contributed by atoms with Crippen LogP contribution in [-0.2, 0) is 27.6 Å². The summed E-state index contributed by atoms with van der Waals surface area (Å²) in [5, 5.41) is 4.31. The highest BCUT2D eigenvalue weighted by molar-refractivity contribution is 7.91. The molecule has 0 saturated carbocycles. The zero-order chi connectivity index (χ0) is 20.2. The molecule has 2 aromatic heterocycles. The molecule has 9 nitrogen and oxygen atoms in total. The molecule has 0 radical (unpaired) electrons. The highest BCUT2D eigenvalue weighted by Gasteiger charge is 2.31. The Balaban J connectivity index is 1.49. The number of hydrogen-bond acceptors (Lipinski definition) is 6. The van der Waals surface area contributed by atoms with Gasteiger partial charge in [0.1, 0.15) is 12.1 Å². The molecule has 29 heavy (non-hydrogen) atoms. The molecule has 1 saturated heterocycles. The lowest BCUT2D eigenvalue weighted by Crippen LogP contribution is -2.36. The summed E-state index contributed by atoms with van der Waals surface area (Å²) in [5.74, 6) is -0.0479. The van der Waals surface area contributed by atoms with Crippen LogP contribution in [0.2, 0.25) is 0 Å². The van der Waals surface area contributed by atoms with Gasteiger partial charge in [-0.05, 0) is 24.5 Å². The molecule has 2 aliphatic rings. The van der Waals surface area contributed by atoms with E-state index in [-0.39, 0.29) is 30.0 Å². The maximum atomic E-state index is 13.0. The summed E-state index contributed by atoms with van der Waals surface area (Å²) in [4.78, 5) is 31.0. The van der Waals surface area contributed by atoms with E-state index in [4.69, 9.17) is 0 Å². The first-order chi connectivity index (χ1) is 13.9. The van der Waals surface area contributed by atoms with Crippen LogP contribution < -0.4 is 10.6 Å². The molecule has 0 unspecified atom stereocenters. The Morgan fingerprint density at radius 1 is 1.17 bits per heavy atom. The van der Waals surface area contributed by atoms with Crippen molar-refractivity contribution >= 4 is 32.5 Å². The van der Waals surface area contributed by atoms with Crippen LogP contribution in [0.1, 0.15) is 18.0 Å². The van der Waals surface area contributed by atoms with E-state index < -0.39 is 15.5 Å². The lowest BCUT2D eigenvalue weighted by molar-refractivity contribution is -0.119. The monoisotopic (exact) mass is 413 g/mol. The van der Waals surface area contributed by atoms with Gasteiger partial charge in [0.25, 0.3) is 0 Å². The summed E-state index contributed by atoms with van der Waals surface area (Å²) in [6.45, 7) is 0.432. The fourth-order valence-electron chi connectivity index (χ4n) is 4.21. The number of benzene rings is 1. The van der Waals surface area contributed by atoms with Crippen LogP contribution in [-0.4, -0.2) is 51.7 Å². The van der Waals surface area contributed by atoms with E-state index >= 15 is 0 Å². The van der Waals surface area contributed by atoms with Gasteiger partial charge in [0.2, 0.25) is 5.91 Å². The minimum absolute atomic E-state index is 0.0202. The number of aromatic nitrogens is 4. The summed E-state index contributed by atoms with van der Waals surface area (Å²) < 4.78 is 26.6. The average molecular weight is 413 g/mol. The van der Waals surface area contributed by atoms with E-state index in [0.717, 1.165) is 17.7 Å². The van der Waals surface area contributed by atoms with Crippen molar-refractivity contribution in [2.24, 2.45) is 0 Å². The maximum Gasteiger partial charge on any atom is 0.348 e. The number of sulfone groups is 1. The quantitative estimate of drug-likeness (QED) is 0.620. The van der Waals surface area contributed by atoms with Gasteiger partial charge in [0.15, 0.2) is 9.84 Å². The Labute approximate surface area is 166 Å². The second-order valence-corrected chi connectivity index (χ2v) is 9.70. The molecule has 1 atom stereocenters. The third-order valence-electron chi connectivity index (χ3n) is 5.67. The van der Waals surface area contributed by atoms with E-state index in [1.165, 1.54) is 17.0 Å². The largest absolute Gasteiger partial charge is 0.348 e. The summed E-state index contributed by atoms with van der Waals surface area (Å²) >= 11 is 0. The topological polar surface area (TPSA) is 107 Å². The lowest BCUT2D eigenvalue weighted by Gasteiger charge is -2.18. The number of fused-ring (bicyclic) bond motifs is 2. The zero-order valence-electron chi connectivity index (χ0n) is 15.6. The Hall–Kier alpha value is -3.01. The van der Waals surface area contributed by atoms with Crippen molar-refractivity contribution < 1.29 is 13.2 Å². The highest BCUT2D eigenvalue weighted by Crippen LogP contribution is 2.28. The maximum absolute atomic E-state index is 13.0. The van der Waals surface area contributed by atoms with Gasteiger partial charge < -0.3 is 4.90 Å². The van der Waals surface area contributed by atoms with Crippen molar-refractivity contribution in [3.8, 4) is 0 Å². The second kappa shape index (κ2) is 6.51. The molecule has 4 heterocycles. The first kappa shape index (κ1) is 18.0.